The maximum absolute atomic E-state index is 11.8. The maximum atomic E-state index is 11.8. The SMILES string of the molecule is Cc1nnc(SCC(=O)NC(=O)c2cccs2)n1C1CC1. The van der Waals surface area contributed by atoms with Crippen molar-refractivity contribution in [3.63, 3.8) is 0 Å². The Morgan fingerprint density at radius 1 is 1.48 bits per heavy atom. The van der Waals surface area contributed by atoms with Crippen LogP contribution >= 0.6 is 23.1 Å². The first kappa shape index (κ1) is 14.3. The van der Waals surface area contributed by atoms with Crippen molar-refractivity contribution in [2.24, 2.45) is 0 Å². The molecule has 2 aromatic rings. The zero-order valence-corrected chi connectivity index (χ0v) is 13.0. The number of hydrogen-bond acceptors (Lipinski definition) is 6. The van der Waals surface area contributed by atoms with Gasteiger partial charge < -0.3 is 4.57 Å². The van der Waals surface area contributed by atoms with Crippen molar-refractivity contribution in [2.45, 2.75) is 31.0 Å². The van der Waals surface area contributed by atoms with Crippen molar-refractivity contribution >= 4 is 34.9 Å². The van der Waals surface area contributed by atoms with E-state index in [4.69, 9.17) is 0 Å². The van der Waals surface area contributed by atoms with E-state index in [1.807, 2.05) is 6.92 Å². The Morgan fingerprint density at radius 3 is 2.95 bits per heavy atom. The fourth-order valence-electron chi connectivity index (χ4n) is 1.96. The third-order valence-corrected chi connectivity index (χ3v) is 4.89. The molecule has 1 saturated carbocycles. The van der Waals surface area contributed by atoms with Gasteiger partial charge in [-0.2, -0.15) is 0 Å². The van der Waals surface area contributed by atoms with E-state index < -0.39 is 0 Å². The van der Waals surface area contributed by atoms with Gasteiger partial charge in [-0.3, -0.25) is 14.9 Å². The standard InChI is InChI=1S/C13H14N4O2S2/c1-8-15-16-13(17(8)9-4-5-9)21-7-11(18)14-12(19)10-3-2-6-20-10/h2-3,6,9H,4-5,7H2,1H3,(H,14,18,19). The first-order chi connectivity index (χ1) is 10.1. The highest BCUT2D eigenvalue weighted by atomic mass is 32.2. The molecule has 0 atom stereocenters. The van der Waals surface area contributed by atoms with Crippen LogP contribution in [0.5, 0.6) is 0 Å². The van der Waals surface area contributed by atoms with Crippen LogP contribution in [0.15, 0.2) is 22.7 Å². The molecule has 2 heterocycles. The quantitative estimate of drug-likeness (QED) is 0.852. The van der Waals surface area contributed by atoms with Gasteiger partial charge in [0.15, 0.2) is 5.16 Å². The number of aryl methyl sites for hydroxylation is 1. The molecule has 3 rings (SSSR count). The smallest absolute Gasteiger partial charge is 0.267 e. The van der Waals surface area contributed by atoms with Gasteiger partial charge in [0.25, 0.3) is 5.91 Å². The molecule has 0 radical (unpaired) electrons. The van der Waals surface area contributed by atoms with E-state index in [0.29, 0.717) is 10.9 Å². The fourth-order valence-corrected chi connectivity index (χ4v) is 3.43. The number of hydrogen-bond donors (Lipinski definition) is 1. The van der Waals surface area contributed by atoms with Crippen LogP contribution in [0.1, 0.15) is 34.4 Å². The van der Waals surface area contributed by atoms with E-state index in [1.165, 1.54) is 23.1 Å². The lowest BCUT2D eigenvalue weighted by Crippen LogP contribution is -2.31. The highest BCUT2D eigenvalue weighted by molar-refractivity contribution is 7.99. The van der Waals surface area contributed by atoms with Crippen molar-refractivity contribution in [3.05, 3.63) is 28.2 Å². The summed E-state index contributed by atoms with van der Waals surface area (Å²) >= 11 is 2.62. The highest BCUT2D eigenvalue weighted by Gasteiger charge is 2.28. The Morgan fingerprint density at radius 2 is 2.29 bits per heavy atom. The Bertz CT molecular complexity index is 662. The molecule has 1 N–H and O–H groups in total. The lowest BCUT2D eigenvalue weighted by molar-refractivity contribution is -0.117. The van der Waals surface area contributed by atoms with Crippen LogP contribution < -0.4 is 5.32 Å². The fraction of sp³-hybridized carbons (Fsp3) is 0.385. The normalized spacial score (nSPS) is 14.1. The van der Waals surface area contributed by atoms with Gasteiger partial charge >= 0.3 is 0 Å². The molecular formula is C13H14N4O2S2. The Hall–Kier alpha value is -1.67. The number of rotatable bonds is 5. The molecule has 8 heteroatoms. The van der Waals surface area contributed by atoms with Crippen LogP contribution in [0.3, 0.4) is 0 Å². The van der Waals surface area contributed by atoms with E-state index in [2.05, 4.69) is 20.1 Å². The molecule has 0 aromatic carbocycles. The molecule has 21 heavy (non-hydrogen) atoms. The van der Waals surface area contributed by atoms with Crippen LogP contribution in [-0.4, -0.2) is 32.3 Å². The number of amides is 2. The molecule has 0 bridgehead atoms. The molecule has 2 amide bonds. The van der Waals surface area contributed by atoms with E-state index in [-0.39, 0.29) is 17.6 Å². The topological polar surface area (TPSA) is 76.9 Å². The van der Waals surface area contributed by atoms with Crippen molar-refractivity contribution in [1.82, 2.24) is 20.1 Å². The van der Waals surface area contributed by atoms with Crippen LogP contribution in [0.2, 0.25) is 0 Å². The van der Waals surface area contributed by atoms with E-state index in [0.717, 1.165) is 23.8 Å². The van der Waals surface area contributed by atoms with E-state index in [1.54, 1.807) is 17.5 Å². The van der Waals surface area contributed by atoms with Crippen LogP contribution in [0.4, 0.5) is 0 Å². The minimum atomic E-state index is -0.351. The van der Waals surface area contributed by atoms with Gasteiger partial charge in [0.05, 0.1) is 10.6 Å². The molecule has 0 spiro atoms. The maximum Gasteiger partial charge on any atom is 0.267 e. The molecule has 0 aliphatic heterocycles. The summed E-state index contributed by atoms with van der Waals surface area (Å²) in [5, 5.41) is 13.1. The van der Waals surface area contributed by atoms with Crippen LogP contribution in [-0.2, 0) is 4.79 Å². The summed E-state index contributed by atoms with van der Waals surface area (Å²) in [4.78, 5) is 24.1. The molecule has 0 unspecified atom stereocenters. The number of thiophene rings is 1. The van der Waals surface area contributed by atoms with Gasteiger partial charge in [-0.05, 0) is 31.2 Å². The summed E-state index contributed by atoms with van der Waals surface area (Å²) in [6, 6.07) is 3.94. The van der Waals surface area contributed by atoms with Gasteiger partial charge in [-0.15, -0.1) is 21.5 Å². The van der Waals surface area contributed by atoms with Crippen molar-refractivity contribution in [3.8, 4) is 0 Å². The molecule has 1 aliphatic carbocycles. The predicted octanol–water partition coefficient (Wildman–Crippen LogP) is 2.03. The summed E-state index contributed by atoms with van der Waals surface area (Å²) in [7, 11) is 0. The van der Waals surface area contributed by atoms with Crippen molar-refractivity contribution in [2.75, 3.05) is 5.75 Å². The van der Waals surface area contributed by atoms with Crippen molar-refractivity contribution < 1.29 is 9.59 Å². The number of carbonyl (C=O) groups is 2. The number of nitrogens with one attached hydrogen (secondary N) is 1. The number of nitrogens with zero attached hydrogens (tertiary/aromatic N) is 3. The Kier molecular flexibility index (Phi) is 4.07. The molecule has 1 aliphatic rings. The number of thioether (sulfide) groups is 1. The van der Waals surface area contributed by atoms with Gasteiger partial charge in [0.1, 0.15) is 5.82 Å². The second-order valence-electron chi connectivity index (χ2n) is 4.77. The van der Waals surface area contributed by atoms with Crippen molar-refractivity contribution in [1.29, 1.82) is 0 Å². The predicted molar refractivity (Wildman–Crippen MR) is 80.5 cm³/mol. The summed E-state index contributed by atoms with van der Waals surface area (Å²) < 4.78 is 2.07. The summed E-state index contributed by atoms with van der Waals surface area (Å²) in [5.74, 6) is 0.356. The van der Waals surface area contributed by atoms with E-state index >= 15 is 0 Å². The molecule has 2 aromatic heterocycles. The van der Waals surface area contributed by atoms with Crippen LogP contribution in [0.25, 0.3) is 0 Å². The Balaban J connectivity index is 1.55. The zero-order valence-electron chi connectivity index (χ0n) is 11.4. The second kappa shape index (κ2) is 5.98. The minimum Gasteiger partial charge on any atom is -0.303 e. The molecule has 1 fully saturated rings. The molecule has 6 nitrogen and oxygen atoms in total. The molecule has 0 saturated heterocycles. The summed E-state index contributed by atoms with van der Waals surface area (Å²) in [6.07, 6.45) is 2.27. The number of aromatic nitrogens is 3. The van der Waals surface area contributed by atoms with E-state index in [9.17, 15) is 9.59 Å². The number of carbonyl (C=O) groups excluding carboxylic acids is 2. The lowest BCUT2D eigenvalue weighted by atomic mass is 10.4. The average molecular weight is 322 g/mol. The van der Waals surface area contributed by atoms with Crippen LogP contribution in [0, 0.1) is 6.92 Å². The third kappa shape index (κ3) is 3.33. The first-order valence-electron chi connectivity index (χ1n) is 6.57. The number of imide groups is 1. The monoisotopic (exact) mass is 322 g/mol. The van der Waals surface area contributed by atoms with Gasteiger partial charge in [-0.1, -0.05) is 17.8 Å². The van der Waals surface area contributed by atoms with Gasteiger partial charge in [0.2, 0.25) is 5.91 Å². The summed E-state index contributed by atoms with van der Waals surface area (Å²) in [5.41, 5.74) is 0. The minimum absolute atomic E-state index is 0.155. The third-order valence-electron chi connectivity index (χ3n) is 3.08. The highest BCUT2D eigenvalue weighted by Crippen LogP contribution is 2.38. The van der Waals surface area contributed by atoms with Gasteiger partial charge in [0, 0.05) is 6.04 Å². The zero-order chi connectivity index (χ0) is 14.8. The lowest BCUT2D eigenvalue weighted by Gasteiger charge is -2.06. The first-order valence-corrected chi connectivity index (χ1v) is 8.43. The summed E-state index contributed by atoms with van der Waals surface area (Å²) in [6.45, 7) is 1.91. The van der Waals surface area contributed by atoms with Gasteiger partial charge in [-0.25, -0.2) is 0 Å². The second-order valence-corrected chi connectivity index (χ2v) is 6.66. The largest absolute Gasteiger partial charge is 0.303 e. The molecular weight excluding hydrogens is 308 g/mol. The Labute approximate surface area is 130 Å². The average Bonchev–Trinajstić information content (AvgIpc) is 3.01. The molecule has 110 valence electrons.